The van der Waals surface area contributed by atoms with Crippen LogP contribution in [-0.2, 0) is 9.53 Å². The molecule has 5 nitrogen and oxygen atoms in total. The first-order chi connectivity index (χ1) is 9.95. The molecule has 0 radical (unpaired) electrons. The third-order valence-electron chi connectivity index (χ3n) is 2.73. The fraction of sp³-hybridized carbons (Fsp3) is 0.429. The molecule has 0 saturated heterocycles. The molecule has 1 aromatic rings. The van der Waals surface area contributed by atoms with Crippen LogP contribution >= 0.6 is 0 Å². The van der Waals surface area contributed by atoms with Crippen LogP contribution in [0, 0.1) is 11.6 Å². The van der Waals surface area contributed by atoms with E-state index >= 15 is 0 Å². The van der Waals surface area contributed by atoms with Gasteiger partial charge >= 0.3 is 0 Å². The predicted octanol–water partition coefficient (Wildman–Crippen LogP) is 1.19. The fourth-order valence-electron chi connectivity index (χ4n) is 1.65. The summed E-state index contributed by atoms with van der Waals surface area (Å²) in [5.41, 5.74) is -0.398. The molecule has 1 N–H and O–H groups in total. The Bertz CT molecular complexity index is 509. The maximum atomic E-state index is 13.5. The first kappa shape index (κ1) is 17.0. The molecule has 21 heavy (non-hydrogen) atoms. The van der Waals surface area contributed by atoms with Crippen molar-refractivity contribution in [2.24, 2.45) is 0 Å². The monoisotopic (exact) mass is 300 g/mol. The summed E-state index contributed by atoms with van der Waals surface area (Å²) in [4.78, 5) is 24.6. The van der Waals surface area contributed by atoms with E-state index in [0.717, 1.165) is 23.1 Å². The Morgan fingerprint density at radius 2 is 2.05 bits per heavy atom. The number of carbonyl (C=O) groups is 2. The number of benzene rings is 1. The molecule has 0 bridgehead atoms. The number of methoxy groups -OCH3 is 1. The number of amides is 2. The van der Waals surface area contributed by atoms with Crippen LogP contribution in [0.4, 0.5) is 8.78 Å². The summed E-state index contributed by atoms with van der Waals surface area (Å²) >= 11 is 0. The van der Waals surface area contributed by atoms with Crippen LogP contribution in [0.1, 0.15) is 16.8 Å². The normalized spacial score (nSPS) is 10.3. The second-order valence-electron chi connectivity index (χ2n) is 4.48. The zero-order valence-electron chi connectivity index (χ0n) is 12.0. The van der Waals surface area contributed by atoms with E-state index in [4.69, 9.17) is 4.74 Å². The Hall–Kier alpha value is -2.02. The van der Waals surface area contributed by atoms with Gasteiger partial charge in [-0.25, -0.2) is 8.78 Å². The first-order valence-corrected chi connectivity index (χ1v) is 6.42. The Kier molecular flexibility index (Phi) is 6.74. The highest BCUT2D eigenvalue weighted by molar-refractivity contribution is 5.96. The van der Waals surface area contributed by atoms with Gasteiger partial charge in [-0.05, 0) is 24.6 Å². The lowest BCUT2D eigenvalue weighted by molar-refractivity contribution is -0.121. The highest BCUT2D eigenvalue weighted by atomic mass is 19.1. The van der Waals surface area contributed by atoms with E-state index in [2.05, 4.69) is 5.32 Å². The zero-order valence-corrected chi connectivity index (χ0v) is 12.0. The number of ether oxygens (including phenoxy) is 1. The Morgan fingerprint density at radius 1 is 1.33 bits per heavy atom. The highest BCUT2D eigenvalue weighted by Crippen LogP contribution is 2.11. The van der Waals surface area contributed by atoms with Gasteiger partial charge in [0.15, 0.2) is 0 Å². The van der Waals surface area contributed by atoms with E-state index in [1.54, 1.807) is 7.11 Å². The van der Waals surface area contributed by atoms with Crippen molar-refractivity contribution in [3.05, 3.63) is 35.4 Å². The van der Waals surface area contributed by atoms with Gasteiger partial charge in [0.25, 0.3) is 5.91 Å². The summed E-state index contributed by atoms with van der Waals surface area (Å²) in [5, 5.41) is 2.60. The van der Waals surface area contributed by atoms with Crippen LogP contribution in [-0.4, -0.2) is 50.6 Å². The molecular formula is C14H18F2N2O3. The Morgan fingerprint density at radius 3 is 2.71 bits per heavy atom. The van der Waals surface area contributed by atoms with Gasteiger partial charge in [0.05, 0.1) is 12.1 Å². The van der Waals surface area contributed by atoms with Crippen molar-refractivity contribution < 1.29 is 23.1 Å². The van der Waals surface area contributed by atoms with Crippen molar-refractivity contribution in [1.29, 1.82) is 0 Å². The molecular weight excluding hydrogens is 282 g/mol. The summed E-state index contributed by atoms with van der Waals surface area (Å²) in [6.45, 7) is 0.703. The van der Waals surface area contributed by atoms with Gasteiger partial charge in [-0.15, -0.1) is 0 Å². The van der Waals surface area contributed by atoms with Crippen LogP contribution in [0.2, 0.25) is 0 Å². The van der Waals surface area contributed by atoms with E-state index in [1.807, 2.05) is 0 Å². The maximum absolute atomic E-state index is 13.5. The number of hydrogen-bond acceptors (Lipinski definition) is 3. The van der Waals surface area contributed by atoms with Gasteiger partial charge in [0, 0.05) is 27.3 Å². The van der Waals surface area contributed by atoms with Crippen LogP contribution in [0.3, 0.4) is 0 Å². The van der Waals surface area contributed by atoms with Gasteiger partial charge in [-0.3, -0.25) is 9.59 Å². The number of hydrogen-bond donors (Lipinski definition) is 1. The van der Waals surface area contributed by atoms with E-state index in [9.17, 15) is 18.4 Å². The molecule has 1 aromatic carbocycles. The SMILES string of the molecule is COCCCNC(=O)CN(C)C(=O)c1cc(F)ccc1F. The van der Waals surface area contributed by atoms with E-state index in [-0.39, 0.29) is 12.5 Å². The molecule has 2 amide bonds. The minimum atomic E-state index is -0.825. The van der Waals surface area contributed by atoms with Crippen molar-refractivity contribution in [3.8, 4) is 0 Å². The molecule has 0 atom stereocenters. The van der Waals surface area contributed by atoms with E-state index in [0.29, 0.717) is 19.6 Å². The topological polar surface area (TPSA) is 58.6 Å². The molecule has 116 valence electrons. The molecule has 0 unspecified atom stereocenters. The number of rotatable bonds is 7. The molecule has 0 aliphatic heterocycles. The van der Waals surface area contributed by atoms with E-state index < -0.39 is 23.1 Å². The largest absolute Gasteiger partial charge is 0.385 e. The summed E-state index contributed by atoms with van der Waals surface area (Å²) in [5.74, 6) is -2.66. The third-order valence-corrected chi connectivity index (χ3v) is 2.73. The lowest BCUT2D eigenvalue weighted by atomic mass is 10.2. The molecule has 0 spiro atoms. The average molecular weight is 300 g/mol. The summed E-state index contributed by atoms with van der Waals surface area (Å²) < 4.78 is 31.4. The number of nitrogens with zero attached hydrogens (tertiary/aromatic N) is 1. The van der Waals surface area contributed by atoms with Gasteiger partial charge in [0.1, 0.15) is 11.6 Å². The fourth-order valence-corrected chi connectivity index (χ4v) is 1.65. The Labute approximate surface area is 121 Å². The molecule has 1 rings (SSSR count). The summed E-state index contributed by atoms with van der Waals surface area (Å²) in [6.07, 6.45) is 0.651. The lowest BCUT2D eigenvalue weighted by Crippen LogP contribution is -2.39. The van der Waals surface area contributed by atoms with Crippen LogP contribution in [0.5, 0.6) is 0 Å². The van der Waals surface area contributed by atoms with Crippen LogP contribution < -0.4 is 5.32 Å². The second-order valence-corrected chi connectivity index (χ2v) is 4.48. The Balaban J connectivity index is 2.54. The predicted molar refractivity (Wildman–Crippen MR) is 72.8 cm³/mol. The van der Waals surface area contributed by atoms with Crippen molar-refractivity contribution in [3.63, 3.8) is 0 Å². The molecule has 0 fully saturated rings. The van der Waals surface area contributed by atoms with Gasteiger partial charge < -0.3 is 15.0 Å². The molecule has 0 aliphatic carbocycles. The van der Waals surface area contributed by atoms with E-state index in [1.165, 1.54) is 7.05 Å². The minimum Gasteiger partial charge on any atom is -0.385 e. The first-order valence-electron chi connectivity index (χ1n) is 6.42. The second kappa shape index (κ2) is 8.31. The van der Waals surface area contributed by atoms with Crippen LogP contribution in [0.25, 0.3) is 0 Å². The quantitative estimate of drug-likeness (QED) is 0.770. The number of carbonyl (C=O) groups excluding carboxylic acids is 2. The van der Waals surface area contributed by atoms with Crippen molar-refractivity contribution in [2.45, 2.75) is 6.42 Å². The number of nitrogens with one attached hydrogen (secondary N) is 1. The molecule has 7 heteroatoms. The molecule has 0 heterocycles. The molecule has 0 aliphatic rings. The van der Waals surface area contributed by atoms with Crippen molar-refractivity contribution in [2.75, 3.05) is 33.9 Å². The third kappa shape index (κ3) is 5.47. The van der Waals surface area contributed by atoms with Gasteiger partial charge in [-0.1, -0.05) is 0 Å². The maximum Gasteiger partial charge on any atom is 0.257 e. The average Bonchev–Trinajstić information content (AvgIpc) is 2.45. The zero-order chi connectivity index (χ0) is 15.8. The van der Waals surface area contributed by atoms with Gasteiger partial charge in [-0.2, -0.15) is 0 Å². The van der Waals surface area contributed by atoms with Crippen molar-refractivity contribution in [1.82, 2.24) is 10.2 Å². The molecule has 0 saturated carbocycles. The standard InChI is InChI=1S/C14H18F2N2O3/c1-18(9-13(19)17-6-3-7-21-2)14(20)11-8-10(15)4-5-12(11)16/h4-5,8H,3,6-7,9H2,1-2H3,(H,17,19). The summed E-state index contributed by atoms with van der Waals surface area (Å²) in [7, 11) is 2.91. The molecule has 0 aromatic heterocycles. The lowest BCUT2D eigenvalue weighted by Gasteiger charge is -2.17. The van der Waals surface area contributed by atoms with Crippen LogP contribution in [0.15, 0.2) is 18.2 Å². The van der Waals surface area contributed by atoms with Crippen molar-refractivity contribution >= 4 is 11.8 Å². The number of halogens is 2. The summed E-state index contributed by atoms with van der Waals surface area (Å²) in [6, 6.07) is 2.61. The minimum absolute atomic E-state index is 0.234. The number of likely N-dealkylation sites (N-methyl/N-ethyl adjacent to an activating group) is 1. The highest BCUT2D eigenvalue weighted by Gasteiger charge is 2.18. The van der Waals surface area contributed by atoms with Gasteiger partial charge in [0.2, 0.25) is 5.91 Å². The smallest absolute Gasteiger partial charge is 0.257 e.